The summed E-state index contributed by atoms with van der Waals surface area (Å²) in [5.74, 6) is -0.282. The molecule has 0 bridgehead atoms. The Balaban J connectivity index is 2.66. The maximum Gasteiger partial charge on any atom is 0.302 e. The van der Waals surface area contributed by atoms with E-state index < -0.39 is 10.8 Å². The van der Waals surface area contributed by atoms with E-state index in [1.54, 1.807) is 5.41 Å². The van der Waals surface area contributed by atoms with Gasteiger partial charge in [-0.1, -0.05) is 30.2 Å². The quantitative estimate of drug-likeness (QED) is 0.751. The molecule has 104 valence electrons. The first kappa shape index (κ1) is 15.6. The molecule has 0 aliphatic rings. The molecule has 3 nitrogen and oxygen atoms in total. The molecular weight excluding hydrogens is 260 g/mol. The van der Waals surface area contributed by atoms with Gasteiger partial charge in [0, 0.05) is 23.6 Å². The van der Waals surface area contributed by atoms with Gasteiger partial charge in [-0.3, -0.25) is 4.79 Å². The second-order valence-corrected chi connectivity index (χ2v) is 5.63. The van der Waals surface area contributed by atoms with E-state index in [1.165, 1.54) is 6.92 Å². The number of ether oxygens (including phenoxy) is 1. The van der Waals surface area contributed by atoms with Gasteiger partial charge in [-0.05, 0) is 25.5 Å². The molecule has 0 heterocycles. The van der Waals surface area contributed by atoms with E-state index in [1.807, 2.05) is 38.1 Å². The lowest BCUT2D eigenvalue weighted by molar-refractivity contribution is -0.140. The second kappa shape index (κ2) is 7.89. The zero-order chi connectivity index (χ0) is 14.3. The highest BCUT2D eigenvalue weighted by Gasteiger charge is 2.03. The monoisotopic (exact) mass is 280 g/mol. The number of rotatable bonds is 6. The van der Waals surface area contributed by atoms with Crippen LogP contribution in [0.15, 0.2) is 40.1 Å². The molecule has 0 aliphatic carbocycles. The van der Waals surface area contributed by atoms with E-state index in [9.17, 15) is 9.00 Å². The molecule has 0 amide bonds. The average molecular weight is 280 g/mol. The van der Waals surface area contributed by atoms with E-state index in [2.05, 4.69) is 0 Å². The van der Waals surface area contributed by atoms with Crippen molar-refractivity contribution in [3.05, 3.63) is 40.8 Å². The fourth-order valence-electron chi connectivity index (χ4n) is 1.54. The Bertz CT molecular complexity index is 475. The van der Waals surface area contributed by atoms with Crippen molar-refractivity contribution in [3.63, 3.8) is 0 Å². The molecule has 0 spiro atoms. The van der Waals surface area contributed by atoms with E-state index in [0.717, 1.165) is 22.5 Å². The van der Waals surface area contributed by atoms with E-state index in [4.69, 9.17) is 4.74 Å². The first-order valence-electron chi connectivity index (χ1n) is 6.33. The number of aryl methyl sites for hydroxylation is 1. The average Bonchev–Trinajstić information content (AvgIpc) is 2.37. The highest BCUT2D eigenvalue weighted by molar-refractivity contribution is 7.88. The summed E-state index contributed by atoms with van der Waals surface area (Å²) < 4.78 is 17.0. The van der Waals surface area contributed by atoms with Crippen LogP contribution in [0, 0.1) is 6.92 Å². The van der Waals surface area contributed by atoms with Crippen LogP contribution in [0.5, 0.6) is 0 Å². The van der Waals surface area contributed by atoms with Crippen molar-refractivity contribution >= 4 is 16.8 Å². The number of esters is 1. The number of benzene rings is 1. The largest absolute Gasteiger partial charge is 0.466 e. The number of carbonyl (C=O) groups is 1. The summed E-state index contributed by atoms with van der Waals surface area (Å²) in [5.41, 5.74) is 2.19. The molecule has 4 heteroatoms. The molecule has 1 atom stereocenters. The Kier molecular flexibility index (Phi) is 6.50. The highest BCUT2D eigenvalue weighted by Crippen LogP contribution is 2.14. The van der Waals surface area contributed by atoms with Crippen LogP contribution in [-0.2, 0) is 20.3 Å². The molecule has 0 saturated heterocycles. The van der Waals surface area contributed by atoms with Gasteiger partial charge in [-0.15, -0.1) is 0 Å². The van der Waals surface area contributed by atoms with Crippen LogP contribution in [0.25, 0.3) is 0 Å². The summed E-state index contributed by atoms with van der Waals surface area (Å²) in [6.45, 7) is 5.74. The first-order chi connectivity index (χ1) is 9.02. The predicted octanol–water partition coefficient (Wildman–Crippen LogP) is 3.35. The summed E-state index contributed by atoms with van der Waals surface area (Å²) in [5, 5.41) is 1.76. The van der Waals surface area contributed by atoms with Crippen molar-refractivity contribution in [1.29, 1.82) is 0 Å². The standard InChI is InChI=1S/C15H20O3S/c1-4-14(9-10-18-13(3)16)11-19(17)15-7-5-12(2)6-8-15/h5-8,11H,4,9-10H2,1-3H3/b14-11+. The van der Waals surface area contributed by atoms with Crippen molar-refractivity contribution < 1.29 is 13.7 Å². The normalized spacial score (nSPS) is 13.1. The van der Waals surface area contributed by atoms with Gasteiger partial charge in [0.15, 0.2) is 0 Å². The fraction of sp³-hybridized carbons (Fsp3) is 0.400. The van der Waals surface area contributed by atoms with E-state index in [0.29, 0.717) is 13.0 Å². The summed E-state index contributed by atoms with van der Waals surface area (Å²) in [6, 6.07) is 7.65. The summed E-state index contributed by atoms with van der Waals surface area (Å²) >= 11 is 0. The Morgan fingerprint density at radius 3 is 2.47 bits per heavy atom. The summed E-state index contributed by atoms with van der Waals surface area (Å²) in [7, 11) is -1.14. The molecule has 0 saturated carbocycles. The molecule has 0 radical (unpaired) electrons. The van der Waals surface area contributed by atoms with Gasteiger partial charge < -0.3 is 4.74 Å². The molecular formula is C15H20O3S. The fourth-order valence-corrected chi connectivity index (χ4v) is 2.66. The lowest BCUT2D eigenvalue weighted by atomic mass is 10.2. The molecule has 0 N–H and O–H groups in total. The highest BCUT2D eigenvalue weighted by atomic mass is 32.2. The van der Waals surface area contributed by atoms with Gasteiger partial charge in [0.05, 0.1) is 17.4 Å². The lowest BCUT2D eigenvalue weighted by Gasteiger charge is -2.05. The molecule has 1 aromatic carbocycles. The second-order valence-electron chi connectivity index (χ2n) is 4.33. The van der Waals surface area contributed by atoms with Crippen molar-refractivity contribution in [2.45, 2.75) is 38.5 Å². The minimum atomic E-state index is -1.14. The summed E-state index contributed by atoms with van der Waals surface area (Å²) in [6.07, 6.45) is 1.44. The van der Waals surface area contributed by atoms with Crippen molar-refractivity contribution in [1.82, 2.24) is 0 Å². The molecule has 0 aromatic heterocycles. The van der Waals surface area contributed by atoms with Crippen LogP contribution in [0.3, 0.4) is 0 Å². The van der Waals surface area contributed by atoms with Crippen LogP contribution >= 0.6 is 0 Å². The Morgan fingerprint density at radius 2 is 1.95 bits per heavy atom. The molecule has 0 fully saturated rings. The van der Waals surface area contributed by atoms with Crippen LogP contribution < -0.4 is 0 Å². The zero-order valence-electron chi connectivity index (χ0n) is 11.6. The van der Waals surface area contributed by atoms with E-state index >= 15 is 0 Å². The van der Waals surface area contributed by atoms with Crippen molar-refractivity contribution in [2.24, 2.45) is 0 Å². The van der Waals surface area contributed by atoms with Gasteiger partial charge >= 0.3 is 5.97 Å². The van der Waals surface area contributed by atoms with Crippen LogP contribution in [-0.4, -0.2) is 16.8 Å². The van der Waals surface area contributed by atoms with Crippen LogP contribution in [0.2, 0.25) is 0 Å². The topological polar surface area (TPSA) is 43.4 Å². The Labute approximate surface area is 117 Å². The summed E-state index contributed by atoms with van der Waals surface area (Å²) in [4.78, 5) is 11.5. The Morgan fingerprint density at radius 1 is 1.32 bits per heavy atom. The minimum Gasteiger partial charge on any atom is -0.466 e. The van der Waals surface area contributed by atoms with Crippen LogP contribution in [0.1, 0.15) is 32.3 Å². The van der Waals surface area contributed by atoms with Gasteiger partial charge in [0.2, 0.25) is 0 Å². The molecule has 1 aromatic rings. The maximum absolute atomic E-state index is 12.1. The van der Waals surface area contributed by atoms with Gasteiger partial charge in [0.25, 0.3) is 0 Å². The predicted molar refractivity (Wildman–Crippen MR) is 77.2 cm³/mol. The minimum absolute atomic E-state index is 0.282. The van der Waals surface area contributed by atoms with Crippen molar-refractivity contribution in [2.75, 3.05) is 6.61 Å². The molecule has 1 rings (SSSR count). The van der Waals surface area contributed by atoms with Gasteiger partial charge in [-0.25, -0.2) is 4.21 Å². The van der Waals surface area contributed by atoms with Crippen LogP contribution in [0.4, 0.5) is 0 Å². The third kappa shape index (κ3) is 5.83. The Hall–Kier alpha value is -1.42. The zero-order valence-corrected chi connectivity index (χ0v) is 12.5. The lowest BCUT2D eigenvalue weighted by Crippen LogP contribution is -2.02. The SMILES string of the molecule is CC/C(=C\S(=O)c1ccc(C)cc1)CCOC(C)=O. The number of carbonyl (C=O) groups excluding carboxylic acids is 1. The third-order valence-corrected chi connectivity index (χ3v) is 3.99. The molecule has 19 heavy (non-hydrogen) atoms. The number of hydrogen-bond donors (Lipinski definition) is 0. The van der Waals surface area contributed by atoms with Gasteiger partial charge in [-0.2, -0.15) is 0 Å². The van der Waals surface area contributed by atoms with E-state index in [-0.39, 0.29) is 5.97 Å². The maximum atomic E-state index is 12.1. The smallest absolute Gasteiger partial charge is 0.302 e. The first-order valence-corrected chi connectivity index (χ1v) is 7.54. The van der Waals surface area contributed by atoms with Gasteiger partial charge in [0.1, 0.15) is 0 Å². The third-order valence-electron chi connectivity index (χ3n) is 2.71. The number of hydrogen-bond acceptors (Lipinski definition) is 3. The van der Waals surface area contributed by atoms with Crippen molar-refractivity contribution in [3.8, 4) is 0 Å². The molecule has 0 aliphatic heterocycles. The molecule has 1 unspecified atom stereocenters.